The van der Waals surface area contributed by atoms with Gasteiger partial charge in [-0.15, -0.1) is 0 Å². The van der Waals surface area contributed by atoms with Crippen LogP contribution in [0.2, 0.25) is 0 Å². The number of fused-ring (bicyclic) bond motifs is 1. The van der Waals surface area contributed by atoms with Crippen LogP contribution in [-0.4, -0.2) is 55.8 Å². The van der Waals surface area contributed by atoms with Crippen LogP contribution in [0.4, 0.5) is 0 Å². The van der Waals surface area contributed by atoms with Gasteiger partial charge in [-0.25, -0.2) is 12.7 Å². The van der Waals surface area contributed by atoms with Gasteiger partial charge in [0.15, 0.2) is 0 Å². The third kappa shape index (κ3) is 3.91. The standard InChI is InChI=1S/C20H29N3O3S/c21-19-9-8-16-11-22(13-18(16)19)20(24)17-7-4-10-23(12-17)27(25,26)14-15-5-2-1-3-6-15/h1-3,5-6,16-19H,4,7-14,21H2. The number of nitrogens with zero attached hydrogens (tertiary/aromatic N) is 2. The van der Waals surface area contributed by atoms with Crippen LogP contribution in [0.1, 0.15) is 31.2 Å². The van der Waals surface area contributed by atoms with Crippen molar-refractivity contribution in [2.24, 2.45) is 23.5 Å². The summed E-state index contributed by atoms with van der Waals surface area (Å²) in [7, 11) is -3.41. The fourth-order valence-electron chi connectivity index (χ4n) is 5.02. The van der Waals surface area contributed by atoms with Crippen LogP contribution < -0.4 is 5.73 Å². The molecule has 1 aromatic rings. The predicted molar refractivity (Wildman–Crippen MR) is 104 cm³/mol. The third-order valence-corrected chi connectivity index (χ3v) is 8.36. The van der Waals surface area contributed by atoms with E-state index in [2.05, 4.69) is 0 Å². The van der Waals surface area contributed by atoms with E-state index >= 15 is 0 Å². The highest BCUT2D eigenvalue weighted by Crippen LogP contribution is 2.38. The van der Waals surface area contributed by atoms with E-state index in [1.807, 2.05) is 35.2 Å². The molecule has 2 N–H and O–H groups in total. The molecule has 4 rings (SSSR count). The molecule has 1 amide bonds. The molecule has 0 bridgehead atoms. The molecule has 27 heavy (non-hydrogen) atoms. The number of piperidine rings is 1. The van der Waals surface area contributed by atoms with Gasteiger partial charge in [0.1, 0.15) is 0 Å². The lowest BCUT2D eigenvalue weighted by Gasteiger charge is -2.33. The highest BCUT2D eigenvalue weighted by Gasteiger charge is 2.44. The van der Waals surface area contributed by atoms with Gasteiger partial charge in [-0.3, -0.25) is 4.79 Å². The van der Waals surface area contributed by atoms with Crippen LogP contribution in [0, 0.1) is 17.8 Å². The van der Waals surface area contributed by atoms with Gasteiger partial charge in [0.05, 0.1) is 11.7 Å². The number of carbonyl (C=O) groups excluding carboxylic acids is 1. The van der Waals surface area contributed by atoms with Gasteiger partial charge in [-0.2, -0.15) is 0 Å². The van der Waals surface area contributed by atoms with Crippen molar-refractivity contribution >= 4 is 15.9 Å². The Hall–Kier alpha value is -1.44. The zero-order chi connectivity index (χ0) is 19.0. The molecule has 6 nitrogen and oxygen atoms in total. The lowest BCUT2D eigenvalue weighted by Crippen LogP contribution is -2.47. The summed E-state index contributed by atoms with van der Waals surface area (Å²) in [5.41, 5.74) is 6.97. The van der Waals surface area contributed by atoms with Crippen molar-refractivity contribution in [1.29, 1.82) is 0 Å². The molecule has 0 spiro atoms. The Morgan fingerprint density at radius 1 is 1.07 bits per heavy atom. The summed E-state index contributed by atoms with van der Waals surface area (Å²) in [6.45, 7) is 2.36. The van der Waals surface area contributed by atoms with Crippen LogP contribution in [0.5, 0.6) is 0 Å². The number of likely N-dealkylation sites (tertiary alicyclic amines) is 1. The quantitative estimate of drug-likeness (QED) is 0.841. The van der Waals surface area contributed by atoms with E-state index in [-0.39, 0.29) is 23.6 Å². The van der Waals surface area contributed by atoms with E-state index in [1.165, 1.54) is 4.31 Å². The van der Waals surface area contributed by atoms with E-state index < -0.39 is 10.0 Å². The second-order valence-corrected chi connectivity index (χ2v) is 10.3. The highest BCUT2D eigenvalue weighted by atomic mass is 32.2. The Morgan fingerprint density at radius 3 is 2.59 bits per heavy atom. The summed E-state index contributed by atoms with van der Waals surface area (Å²) in [6, 6.07) is 9.45. The summed E-state index contributed by atoms with van der Waals surface area (Å²) in [5, 5.41) is 0. The number of sulfonamides is 1. The SMILES string of the molecule is NC1CCC2CN(C(=O)C3CCCN(S(=O)(=O)Cc4ccccc4)C3)CC12. The molecule has 0 aromatic heterocycles. The lowest BCUT2D eigenvalue weighted by atomic mass is 9.98. The Balaban J connectivity index is 1.40. The van der Waals surface area contributed by atoms with Crippen LogP contribution in [0.15, 0.2) is 30.3 Å². The van der Waals surface area contributed by atoms with Crippen molar-refractivity contribution in [3.05, 3.63) is 35.9 Å². The van der Waals surface area contributed by atoms with E-state index in [9.17, 15) is 13.2 Å². The molecule has 1 saturated carbocycles. The molecule has 2 heterocycles. The maximum atomic E-state index is 13.0. The molecule has 2 aliphatic heterocycles. The topological polar surface area (TPSA) is 83.7 Å². The Bertz CT molecular complexity index is 783. The number of amides is 1. The van der Waals surface area contributed by atoms with Crippen molar-refractivity contribution in [3.63, 3.8) is 0 Å². The molecular weight excluding hydrogens is 362 g/mol. The smallest absolute Gasteiger partial charge is 0.227 e. The summed E-state index contributed by atoms with van der Waals surface area (Å²) in [5.74, 6) is 0.855. The van der Waals surface area contributed by atoms with Crippen molar-refractivity contribution in [2.75, 3.05) is 26.2 Å². The lowest BCUT2D eigenvalue weighted by molar-refractivity contribution is -0.135. The molecular formula is C20H29N3O3S. The third-order valence-electron chi connectivity index (χ3n) is 6.54. The minimum absolute atomic E-state index is 0.00251. The summed E-state index contributed by atoms with van der Waals surface area (Å²) < 4.78 is 27.2. The largest absolute Gasteiger partial charge is 0.342 e. The van der Waals surface area contributed by atoms with Gasteiger partial charge >= 0.3 is 0 Å². The zero-order valence-electron chi connectivity index (χ0n) is 15.7. The molecule has 7 heteroatoms. The van der Waals surface area contributed by atoms with Crippen molar-refractivity contribution in [1.82, 2.24) is 9.21 Å². The first-order chi connectivity index (χ1) is 12.9. The second kappa shape index (κ2) is 7.53. The van der Waals surface area contributed by atoms with Crippen LogP contribution >= 0.6 is 0 Å². The molecule has 1 aromatic carbocycles. The number of hydrogen-bond acceptors (Lipinski definition) is 4. The minimum atomic E-state index is -3.41. The Morgan fingerprint density at radius 2 is 1.85 bits per heavy atom. The van der Waals surface area contributed by atoms with E-state index in [1.54, 1.807) is 0 Å². The fraction of sp³-hybridized carbons (Fsp3) is 0.650. The Labute approximate surface area is 161 Å². The van der Waals surface area contributed by atoms with Crippen molar-refractivity contribution < 1.29 is 13.2 Å². The van der Waals surface area contributed by atoms with Crippen LogP contribution in [0.3, 0.4) is 0 Å². The molecule has 148 valence electrons. The fourth-order valence-corrected chi connectivity index (χ4v) is 6.63. The van der Waals surface area contributed by atoms with Crippen LogP contribution in [-0.2, 0) is 20.6 Å². The number of nitrogens with two attached hydrogens (primary N) is 1. The number of hydrogen-bond donors (Lipinski definition) is 1. The first kappa shape index (κ1) is 18.9. The number of rotatable bonds is 4. The van der Waals surface area contributed by atoms with Gasteiger partial charge in [0.2, 0.25) is 15.9 Å². The van der Waals surface area contributed by atoms with E-state index in [0.29, 0.717) is 24.9 Å². The molecule has 4 unspecified atom stereocenters. The molecule has 3 aliphatic rings. The van der Waals surface area contributed by atoms with Gasteiger partial charge in [0, 0.05) is 32.2 Å². The predicted octanol–water partition coefficient (Wildman–Crippen LogP) is 1.42. The van der Waals surface area contributed by atoms with Crippen LogP contribution in [0.25, 0.3) is 0 Å². The van der Waals surface area contributed by atoms with Gasteiger partial charge in [-0.1, -0.05) is 30.3 Å². The minimum Gasteiger partial charge on any atom is -0.342 e. The van der Waals surface area contributed by atoms with Crippen molar-refractivity contribution in [3.8, 4) is 0 Å². The van der Waals surface area contributed by atoms with E-state index in [0.717, 1.165) is 44.3 Å². The van der Waals surface area contributed by atoms with Crippen molar-refractivity contribution in [2.45, 2.75) is 37.5 Å². The maximum absolute atomic E-state index is 13.0. The molecule has 4 atom stereocenters. The second-order valence-electron chi connectivity index (χ2n) is 8.35. The number of carbonyl (C=O) groups is 1. The molecule has 2 saturated heterocycles. The monoisotopic (exact) mass is 391 g/mol. The first-order valence-electron chi connectivity index (χ1n) is 10.00. The molecule has 1 aliphatic carbocycles. The van der Waals surface area contributed by atoms with Gasteiger partial charge in [-0.05, 0) is 43.1 Å². The first-order valence-corrected chi connectivity index (χ1v) is 11.6. The molecule has 0 radical (unpaired) electrons. The highest BCUT2D eigenvalue weighted by molar-refractivity contribution is 7.88. The van der Waals surface area contributed by atoms with Gasteiger partial charge in [0.25, 0.3) is 0 Å². The summed E-state index contributed by atoms with van der Waals surface area (Å²) in [6.07, 6.45) is 3.68. The zero-order valence-corrected chi connectivity index (χ0v) is 16.5. The van der Waals surface area contributed by atoms with E-state index in [4.69, 9.17) is 5.73 Å². The molecule has 3 fully saturated rings. The maximum Gasteiger partial charge on any atom is 0.227 e. The summed E-state index contributed by atoms with van der Waals surface area (Å²) >= 11 is 0. The average molecular weight is 392 g/mol. The summed E-state index contributed by atoms with van der Waals surface area (Å²) in [4.78, 5) is 15.0. The normalized spacial score (nSPS) is 31.8. The Kier molecular flexibility index (Phi) is 5.27. The van der Waals surface area contributed by atoms with Gasteiger partial charge < -0.3 is 10.6 Å². The number of benzene rings is 1. The average Bonchev–Trinajstić information content (AvgIpc) is 3.24.